The van der Waals surface area contributed by atoms with Gasteiger partial charge in [0, 0.05) is 45.4 Å². The van der Waals surface area contributed by atoms with Crippen molar-refractivity contribution < 1.29 is 14.7 Å². The SMILES string of the molecule is CC(=O)N1CC2(C)CN(C(C)=O)CC(c3ccccc3)(C1)C2O. The van der Waals surface area contributed by atoms with Gasteiger partial charge in [0.05, 0.1) is 11.5 Å². The molecule has 0 radical (unpaired) electrons. The summed E-state index contributed by atoms with van der Waals surface area (Å²) in [7, 11) is 0. The Labute approximate surface area is 136 Å². The smallest absolute Gasteiger partial charge is 0.219 e. The number of hydrogen-bond donors (Lipinski definition) is 1. The molecule has 0 aliphatic carbocycles. The maximum atomic E-state index is 12.0. The van der Waals surface area contributed by atoms with Gasteiger partial charge >= 0.3 is 0 Å². The second kappa shape index (κ2) is 5.34. The van der Waals surface area contributed by atoms with Crippen LogP contribution in [0.1, 0.15) is 26.3 Å². The zero-order chi connectivity index (χ0) is 16.8. The Hall–Kier alpha value is -1.88. The summed E-state index contributed by atoms with van der Waals surface area (Å²) in [5.41, 5.74) is -0.177. The first-order chi connectivity index (χ1) is 10.8. The van der Waals surface area contributed by atoms with E-state index in [2.05, 4.69) is 0 Å². The van der Waals surface area contributed by atoms with E-state index in [0.29, 0.717) is 26.2 Å². The highest BCUT2D eigenvalue weighted by Crippen LogP contribution is 2.47. The Morgan fingerprint density at radius 1 is 1.00 bits per heavy atom. The molecule has 2 aliphatic rings. The summed E-state index contributed by atoms with van der Waals surface area (Å²) in [6.07, 6.45) is -0.594. The van der Waals surface area contributed by atoms with E-state index in [0.717, 1.165) is 5.56 Å². The van der Waals surface area contributed by atoms with Gasteiger partial charge in [0.1, 0.15) is 0 Å². The minimum Gasteiger partial charge on any atom is -0.391 e. The van der Waals surface area contributed by atoms with Crippen molar-refractivity contribution in [2.24, 2.45) is 5.41 Å². The summed E-state index contributed by atoms with van der Waals surface area (Å²) in [5.74, 6) is 0.0272. The van der Waals surface area contributed by atoms with Crippen molar-refractivity contribution in [1.29, 1.82) is 0 Å². The highest BCUT2D eigenvalue weighted by molar-refractivity contribution is 5.75. The van der Waals surface area contributed by atoms with Crippen LogP contribution >= 0.6 is 0 Å². The van der Waals surface area contributed by atoms with Gasteiger partial charge in [-0.3, -0.25) is 9.59 Å². The standard InChI is InChI=1S/C18H24N2O3/c1-13(21)19-9-17(3)10-20(14(2)22)12-18(11-19,16(17)23)15-7-5-4-6-8-15/h4-8,16,23H,9-12H2,1-3H3. The third-order valence-corrected chi connectivity index (χ3v) is 5.47. The van der Waals surface area contributed by atoms with E-state index in [9.17, 15) is 14.7 Å². The molecule has 0 aromatic heterocycles. The van der Waals surface area contributed by atoms with E-state index < -0.39 is 16.9 Å². The number of carbonyl (C=O) groups excluding carboxylic acids is 2. The van der Waals surface area contributed by atoms with Gasteiger partial charge in [0.25, 0.3) is 0 Å². The lowest BCUT2D eigenvalue weighted by Crippen LogP contribution is -2.73. The summed E-state index contributed by atoms with van der Waals surface area (Å²) in [6, 6.07) is 9.78. The van der Waals surface area contributed by atoms with E-state index in [1.165, 1.54) is 0 Å². The summed E-state index contributed by atoms with van der Waals surface area (Å²) < 4.78 is 0. The second-order valence-electron chi connectivity index (χ2n) is 7.33. The van der Waals surface area contributed by atoms with Gasteiger partial charge in [-0.2, -0.15) is 0 Å². The summed E-state index contributed by atoms with van der Waals surface area (Å²) >= 11 is 0. The number of rotatable bonds is 1. The summed E-state index contributed by atoms with van der Waals surface area (Å²) in [4.78, 5) is 27.7. The number of carbonyl (C=O) groups is 2. The molecule has 0 spiro atoms. The molecule has 5 nitrogen and oxygen atoms in total. The first kappa shape index (κ1) is 16.0. The minimum absolute atomic E-state index is 0.0136. The number of fused-ring (bicyclic) bond motifs is 2. The topological polar surface area (TPSA) is 60.9 Å². The van der Waals surface area contributed by atoms with Crippen LogP contribution in [0.2, 0.25) is 0 Å². The van der Waals surface area contributed by atoms with Crippen molar-refractivity contribution in [2.75, 3.05) is 26.2 Å². The maximum Gasteiger partial charge on any atom is 0.219 e. The molecule has 2 fully saturated rings. The van der Waals surface area contributed by atoms with Gasteiger partial charge in [-0.1, -0.05) is 37.3 Å². The lowest BCUT2D eigenvalue weighted by Gasteiger charge is -2.60. The predicted molar refractivity (Wildman–Crippen MR) is 86.7 cm³/mol. The fourth-order valence-electron chi connectivity index (χ4n) is 4.33. The van der Waals surface area contributed by atoms with E-state index in [-0.39, 0.29) is 11.8 Å². The molecule has 2 heterocycles. The summed E-state index contributed by atoms with van der Waals surface area (Å²) in [5, 5.41) is 11.2. The number of hydrogen-bond acceptors (Lipinski definition) is 3. The highest BCUT2D eigenvalue weighted by Gasteiger charge is 2.59. The quantitative estimate of drug-likeness (QED) is 0.841. The lowest BCUT2D eigenvalue weighted by molar-refractivity contribution is -0.169. The molecule has 5 heteroatoms. The van der Waals surface area contributed by atoms with Crippen molar-refractivity contribution in [3.8, 4) is 0 Å². The van der Waals surface area contributed by atoms with Gasteiger partial charge in [0.2, 0.25) is 11.8 Å². The molecule has 1 unspecified atom stereocenters. The second-order valence-corrected chi connectivity index (χ2v) is 7.33. The van der Waals surface area contributed by atoms with Crippen LogP contribution in [-0.4, -0.2) is 59.0 Å². The van der Waals surface area contributed by atoms with Crippen LogP contribution in [-0.2, 0) is 15.0 Å². The Morgan fingerprint density at radius 2 is 1.48 bits per heavy atom. The van der Waals surface area contributed by atoms with Crippen LogP contribution in [0.25, 0.3) is 0 Å². The Kier molecular flexibility index (Phi) is 3.71. The number of amides is 2. The van der Waals surface area contributed by atoms with E-state index >= 15 is 0 Å². The molecule has 2 saturated heterocycles. The maximum absolute atomic E-state index is 12.0. The largest absolute Gasteiger partial charge is 0.391 e. The normalized spacial score (nSPS) is 33.5. The number of aliphatic hydroxyl groups is 1. The van der Waals surface area contributed by atoms with E-state index in [4.69, 9.17) is 0 Å². The van der Waals surface area contributed by atoms with Crippen LogP contribution in [0, 0.1) is 5.41 Å². The van der Waals surface area contributed by atoms with Crippen LogP contribution in [0.4, 0.5) is 0 Å². The zero-order valence-corrected chi connectivity index (χ0v) is 14.0. The van der Waals surface area contributed by atoms with Gasteiger partial charge in [0.15, 0.2) is 0 Å². The van der Waals surface area contributed by atoms with E-state index in [1.54, 1.807) is 13.8 Å². The molecule has 1 aromatic carbocycles. The monoisotopic (exact) mass is 316 g/mol. The van der Waals surface area contributed by atoms with Gasteiger partial charge in [-0.25, -0.2) is 0 Å². The third-order valence-electron chi connectivity index (χ3n) is 5.47. The molecule has 1 aromatic rings. The fraction of sp³-hybridized carbons (Fsp3) is 0.556. The van der Waals surface area contributed by atoms with Crippen molar-refractivity contribution in [2.45, 2.75) is 32.3 Å². The van der Waals surface area contributed by atoms with Gasteiger partial charge in [-0.05, 0) is 5.56 Å². The van der Waals surface area contributed by atoms with Crippen LogP contribution < -0.4 is 0 Å². The van der Waals surface area contributed by atoms with Crippen LogP contribution in [0.5, 0.6) is 0 Å². The van der Waals surface area contributed by atoms with Crippen molar-refractivity contribution >= 4 is 11.8 Å². The Morgan fingerprint density at radius 3 is 1.91 bits per heavy atom. The van der Waals surface area contributed by atoms with E-state index in [1.807, 2.05) is 47.1 Å². The molecule has 2 aliphatic heterocycles. The highest BCUT2D eigenvalue weighted by atomic mass is 16.3. The Balaban J connectivity index is 2.13. The molecule has 2 amide bonds. The average Bonchev–Trinajstić information content (AvgIpc) is 2.49. The Bertz CT molecular complexity index is 602. The number of nitrogens with zero attached hydrogens (tertiary/aromatic N) is 2. The van der Waals surface area contributed by atoms with Crippen molar-refractivity contribution in [3.63, 3.8) is 0 Å². The molecule has 2 bridgehead atoms. The molecule has 23 heavy (non-hydrogen) atoms. The molecule has 1 N–H and O–H groups in total. The van der Waals surface area contributed by atoms with Crippen LogP contribution in [0.3, 0.4) is 0 Å². The van der Waals surface area contributed by atoms with Gasteiger partial charge < -0.3 is 14.9 Å². The summed E-state index contributed by atoms with van der Waals surface area (Å²) in [6.45, 7) is 6.93. The first-order valence-corrected chi connectivity index (χ1v) is 8.03. The molecule has 0 saturated carbocycles. The molecular weight excluding hydrogens is 292 g/mol. The van der Waals surface area contributed by atoms with Crippen LogP contribution in [0.15, 0.2) is 30.3 Å². The molecule has 1 atom stereocenters. The van der Waals surface area contributed by atoms with Gasteiger partial charge in [-0.15, -0.1) is 0 Å². The van der Waals surface area contributed by atoms with Crippen molar-refractivity contribution in [3.05, 3.63) is 35.9 Å². The molecule has 3 rings (SSSR count). The average molecular weight is 316 g/mol. The fourth-order valence-corrected chi connectivity index (χ4v) is 4.33. The number of piperidine rings is 2. The zero-order valence-electron chi connectivity index (χ0n) is 14.0. The number of likely N-dealkylation sites (tertiary alicyclic amines) is 2. The number of benzene rings is 1. The predicted octanol–water partition coefficient (Wildman–Crippen LogP) is 1.02. The number of aliphatic hydroxyl groups excluding tert-OH is 1. The third kappa shape index (κ3) is 2.43. The first-order valence-electron chi connectivity index (χ1n) is 8.03. The van der Waals surface area contributed by atoms with Crippen molar-refractivity contribution in [1.82, 2.24) is 9.80 Å². The molecular formula is C18H24N2O3. The molecule has 124 valence electrons. The minimum atomic E-state index is -0.635. The lowest BCUT2D eigenvalue weighted by atomic mass is 9.59.